The van der Waals surface area contributed by atoms with Crippen LogP contribution in [0.2, 0.25) is 0 Å². The summed E-state index contributed by atoms with van der Waals surface area (Å²) in [6, 6.07) is 0.502. The van der Waals surface area contributed by atoms with Gasteiger partial charge in [-0.05, 0) is 0 Å². The van der Waals surface area contributed by atoms with Crippen LogP contribution < -0.4 is 10.6 Å². The molecule has 1 aromatic rings. The Kier molecular flexibility index (Phi) is 2.65. The number of hydrogen-bond donors (Lipinski definition) is 2. The van der Waals surface area contributed by atoms with Gasteiger partial charge in [-0.25, -0.2) is 13.2 Å². The molecule has 0 amide bonds. The van der Waals surface area contributed by atoms with Gasteiger partial charge in [-0.2, -0.15) is 0 Å². The highest BCUT2D eigenvalue weighted by molar-refractivity contribution is 5.69. The van der Waals surface area contributed by atoms with E-state index in [0.29, 0.717) is 6.07 Å². The van der Waals surface area contributed by atoms with Crippen molar-refractivity contribution < 1.29 is 13.2 Å². The van der Waals surface area contributed by atoms with E-state index >= 15 is 0 Å². The SMILES string of the molecule is CNc1c(F)cc(F)c(F)c1NC. The molecule has 0 fully saturated rings. The van der Waals surface area contributed by atoms with Gasteiger partial charge < -0.3 is 10.6 Å². The van der Waals surface area contributed by atoms with E-state index < -0.39 is 17.5 Å². The van der Waals surface area contributed by atoms with Crippen molar-refractivity contribution in [1.82, 2.24) is 0 Å². The Labute approximate surface area is 73.8 Å². The zero-order valence-electron chi connectivity index (χ0n) is 7.21. The lowest BCUT2D eigenvalue weighted by atomic mass is 10.2. The van der Waals surface area contributed by atoms with E-state index in [2.05, 4.69) is 10.6 Å². The van der Waals surface area contributed by atoms with Gasteiger partial charge in [0, 0.05) is 20.2 Å². The second kappa shape index (κ2) is 3.55. The first-order valence-corrected chi connectivity index (χ1v) is 3.64. The Balaban J connectivity index is 3.41. The smallest absolute Gasteiger partial charge is 0.184 e. The van der Waals surface area contributed by atoms with E-state index in [1.165, 1.54) is 14.1 Å². The number of anilines is 2. The number of hydrogen-bond acceptors (Lipinski definition) is 2. The molecule has 0 aliphatic rings. The van der Waals surface area contributed by atoms with Gasteiger partial charge in [-0.3, -0.25) is 0 Å². The topological polar surface area (TPSA) is 24.1 Å². The molecule has 1 rings (SSSR count). The van der Waals surface area contributed by atoms with Crippen LogP contribution in [0, 0.1) is 17.5 Å². The Morgan fingerprint density at radius 3 is 1.92 bits per heavy atom. The summed E-state index contributed by atoms with van der Waals surface area (Å²) in [6.45, 7) is 0. The van der Waals surface area contributed by atoms with E-state index in [0.717, 1.165) is 0 Å². The highest BCUT2D eigenvalue weighted by Crippen LogP contribution is 2.29. The molecule has 0 bridgehead atoms. The van der Waals surface area contributed by atoms with Gasteiger partial charge in [0.1, 0.15) is 0 Å². The fraction of sp³-hybridized carbons (Fsp3) is 0.250. The third-order valence-electron chi connectivity index (χ3n) is 1.67. The van der Waals surface area contributed by atoms with Gasteiger partial charge in [-0.1, -0.05) is 0 Å². The number of benzene rings is 1. The summed E-state index contributed by atoms with van der Waals surface area (Å²) in [5.74, 6) is -3.13. The summed E-state index contributed by atoms with van der Waals surface area (Å²) in [5.41, 5.74) is -0.290. The molecule has 5 heteroatoms. The fourth-order valence-electron chi connectivity index (χ4n) is 1.07. The van der Waals surface area contributed by atoms with Crippen molar-refractivity contribution >= 4 is 11.4 Å². The summed E-state index contributed by atoms with van der Waals surface area (Å²) >= 11 is 0. The molecule has 0 aromatic heterocycles. The van der Waals surface area contributed by atoms with E-state index in [-0.39, 0.29) is 11.4 Å². The molecule has 2 nitrogen and oxygen atoms in total. The minimum atomic E-state index is -1.21. The summed E-state index contributed by atoms with van der Waals surface area (Å²) < 4.78 is 38.6. The van der Waals surface area contributed by atoms with Gasteiger partial charge in [0.05, 0.1) is 11.4 Å². The maximum Gasteiger partial charge on any atom is 0.184 e. The predicted molar refractivity (Wildman–Crippen MR) is 45.4 cm³/mol. The van der Waals surface area contributed by atoms with Gasteiger partial charge in [0.15, 0.2) is 17.5 Å². The van der Waals surface area contributed by atoms with E-state index in [9.17, 15) is 13.2 Å². The van der Waals surface area contributed by atoms with Crippen LogP contribution >= 0.6 is 0 Å². The molecule has 0 atom stereocenters. The predicted octanol–water partition coefficient (Wildman–Crippen LogP) is 2.19. The second-order valence-corrected chi connectivity index (χ2v) is 2.40. The summed E-state index contributed by atoms with van der Waals surface area (Å²) in [4.78, 5) is 0. The monoisotopic (exact) mass is 190 g/mol. The number of rotatable bonds is 2. The maximum absolute atomic E-state index is 13.0. The molecule has 0 aliphatic carbocycles. The van der Waals surface area contributed by atoms with Gasteiger partial charge >= 0.3 is 0 Å². The van der Waals surface area contributed by atoms with Crippen molar-refractivity contribution in [2.24, 2.45) is 0 Å². The lowest BCUT2D eigenvalue weighted by Crippen LogP contribution is -2.04. The number of nitrogens with one attached hydrogen (secondary N) is 2. The summed E-state index contributed by atoms with van der Waals surface area (Å²) in [5, 5.41) is 4.82. The zero-order valence-corrected chi connectivity index (χ0v) is 7.21. The first-order chi connectivity index (χ1) is 6.11. The van der Waals surface area contributed by atoms with E-state index in [4.69, 9.17) is 0 Å². The van der Waals surface area contributed by atoms with Gasteiger partial charge in [0.25, 0.3) is 0 Å². The molecule has 13 heavy (non-hydrogen) atoms. The average Bonchev–Trinajstić information content (AvgIpc) is 2.10. The molecule has 0 aliphatic heterocycles. The molecule has 0 unspecified atom stereocenters. The van der Waals surface area contributed by atoms with Crippen molar-refractivity contribution in [1.29, 1.82) is 0 Å². The van der Waals surface area contributed by atoms with Crippen LogP contribution in [0.15, 0.2) is 6.07 Å². The lowest BCUT2D eigenvalue weighted by molar-refractivity contribution is 0.499. The maximum atomic E-state index is 13.0. The van der Waals surface area contributed by atoms with Crippen molar-refractivity contribution in [3.05, 3.63) is 23.5 Å². The van der Waals surface area contributed by atoms with Crippen LogP contribution in [0.1, 0.15) is 0 Å². The molecule has 0 radical (unpaired) electrons. The molecular formula is C8H9F3N2. The van der Waals surface area contributed by atoms with Crippen LogP contribution in [-0.2, 0) is 0 Å². The quantitative estimate of drug-likeness (QED) is 0.698. The number of halogens is 3. The highest BCUT2D eigenvalue weighted by Gasteiger charge is 2.16. The third kappa shape index (κ3) is 1.54. The molecule has 0 saturated carbocycles. The third-order valence-corrected chi connectivity index (χ3v) is 1.67. The highest BCUT2D eigenvalue weighted by atomic mass is 19.2. The van der Waals surface area contributed by atoms with Crippen LogP contribution in [0.4, 0.5) is 24.5 Å². The normalized spacial score (nSPS) is 9.92. The summed E-state index contributed by atoms with van der Waals surface area (Å²) in [7, 11) is 2.81. The van der Waals surface area contributed by atoms with Crippen LogP contribution in [-0.4, -0.2) is 14.1 Å². The first kappa shape index (κ1) is 9.70. The zero-order chi connectivity index (χ0) is 10.0. The Morgan fingerprint density at radius 2 is 1.46 bits per heavy atom. The van der Waals surface area contributed by atoms with E-state index in [1.807, 2.05) is 0 Å². The molecule has 0 spiro atoms. The van der Waals surface area contributed by atoms with Gasteiger partial charge in [0.2, 0.25) is 0 Å². The van der Waals surface area contributed by atoms with Crippen molar-refractivity contribution in [2.45, 2.75) is 0 Å². The Morgan fingerprint density at radius 1 is 0.923 bits per heavy atom. The minimum absolute atomic E-state index is 0.0820. The van der Waals surface area contributed by atoms with Crippen LogP contribution in [0.5, 0.6) is 0 Å². The van der Waals surface area contributed by atoms with Gasteiger partial charge in [-0.15, -0.1) is 0 Å². The van der Waals surface area contributed by atoms with Crippen molar-refractivity contribution in [3.8, 4) is 0 Å². The lowest BCUT2D eigenvalue weighted by Gasteiger charge is -2.10. The Bertz CT molecular complexity index is 326. The molecule has 0 saturated heterocycles. The van der Waals surface area contributed by atoms with Crippen LogP contribution in [0.3, 0.4) is 0 Å². The molecule has 0 heterocycles. The van der Waals surface area contributed by atoms with E-state index in [1.54, 1.807) is 0 Å². The first-order valence-electron chi connectivity index (χ1n) is 3.64. The minimum Gasteiger partial charge on any atom is -0.384 e. The molecule has 72 valence electrons. The molecule has 2 N–H and O–H groups in total. The fourth-order valence-corrected chi connectivity index (χ4v) is 1.07. The van der Waals surface area contributed by atoms with Crippen LogP contribution in [0.25, 0.3) is 0 Å². The average molecular weight is 190 g/mol. The Hall–Kier alpha value is -1.39. The molecular weight excluding hydrogens is 181 g/mol. The largest absolute Gasteiger partial charge is 0.384 e. The second-order valence-electron chi connectivity index (χ2n) is 2.40. The summed E-state index contributed by atoms with van der Waals surface area (Å²) in [6.07, 6.45) is 0. The van der Waals surface area contributed by atoms with Crippen molar-refractivity contribution in [2.75, 3.05) is 24.7 Å². The van der Waals surface area contributed by atoms with Crippen molar-refractivity contribution in [3.63, 3.8) is 0 Å². The standard InChI is InChI=1S/C8H9F3N2/c1-12-7-5(10)3-4(9)6(11)8(7)13-2/h3,12-13H,1-2H3. The molecule has 1 aromatic carbocycles.